The second kappa shape index (κ2) is 4.76. The fourth-order valence-corrected chi connectivity index (χ4v) is 2.18. The SMILES string of the molecule is BrCC(Br)[C]1CC[CH]CC1. The van der Waals surface area contributed by atoms with Gasteiger partial charge in [0, 0.05) is 10.2 Å². The van der Waals surface area contributed by atoms with Crippen LogP contribution in [0.3, 0.4) is 0 Å². The zero-order valence-electron chi connectivity index (χ0n) is 5.95. The lowest BCUT2D eigenvalue weighted by Crippen LogP contribution is -2.16. The lowest BCUT2D eigenvalue weighted by molar-refractivity contribution is 0.609. The van der Waals surface area contributed by atoms with Crippen LogP contribution in [0, 0.1) is 12.3 Å². The summed E-state index contributed by atoms with van der Waals surface area (Å²) in [6.45, 7) is 0. The van der Waals surface area contributed by atoms with Crippen LogP contribution in [0.2, 0.25) is 0 Å². The molecule has 2 radical (unpaired) electrons. The van der Waals surface area contributed by atoms with E-state index in [2.05, 4.69) is 38.3 Å². The first-order valence-electron chi connectivity index (χ1n) is 3.71. The monoisotopic (exact) mass is 266 g/mol. The highest BCUT2D eigenvalue weighted by atomic mass is 79.9. The Kier molecular flexibility index (Phi) is 4.31. The van der Waals surface area contributed by atoms with Crippen LogP contribution >= 0.6 is 31.9 Å². The number of hydrogen-bond acceptors (Lipinski definition) is 0. The molecule has 0 aliphatic heterocycles. The molecule has 58 valence electrons. The molecule has 1 atom stereocenters. The zero-order chi connectivity index (χ0) is 7.40. The smallest absolute Gasteiger partial charge is 0.0304 e. The van der Waals surface area contributed by atoms with Crippen molar-refractivity contribution in [2.75, 3.05) is 5.33 Å². The molecule has 0 saturated heterocycles. The molecule has 2 heteroatoms. The van der Waals surface area contributed by atoms with Crippen molar-refractivity contribution in [3.63, 3.8) is 0 Å². The molecule has 1 saturated carbocycles. The Hall–Kier alpha value is 0.960. The highest BCUT2D eigenvalue weighted by Gasteiger charge is 2.20. The van der Waals surface area contributed by atoms with E-state index in [0.29, 0.717) is 4.83 Å². The Bertz CT molecular complexity index is 87.3. The van der Waals surface area contributed by atoms with Crippen molar-refractivity contribution in [1.29, 1.82) is 0 Å². The molecule has 1 fully saturated rings. The van der Waals surface area contributed by atoms with Crippen LogP contribution in [-0.4, -0.2) is 10.2 Å². The van der Waals surface area contributed by atoms with E-state index < -0.39 is 0 Å². The summed E-state index contributed by atoms with van der Waals surface area (Å²) in [5, 5.41) is 1.06. The average Bonchev–Trinajstić information content (AvgIpc) is 2.05. The van der Waals surface area contributed by atoms with Gasteiger partial charge in [-0.1, -0.05) is 31.9 Å². The van der Waals surface area contributed by atoms with E-state index in [1.165, 1.54) is 25.7 Å². The summed E-state index contributed by atoms with van der Waals surface area (Å²) in [7, 11) is 0. The van der Waals surface area contributed by atoms with Gasteiger partial charge in [-0.2, -0.15) is 0 Å². The normalized spacial score (nSPS) is 24.6. The molecule has 0 heterocycles. The van der Waals surface area contributed by atoms with Crippen molar-refractivity contribution in [3.05, 3.63) is 12.3 Å². The maximum absolute atomic E-state index is 3.64. The van der Waals surface area contributed by atoms with Crippen LogP contribution in [-0.2, 0) is 0 Å². The Morgan fingerprint density at radius 1 is 1.40 bits per heavy atom. The van der Waals surface area contributed by atoms with Crippen LogP contribution in [0.5, 0.6) is 0 Å². The predicted octanol–water partition coefficient (Wildman–Crippen LogP) is 3.50. The molecule has 0 aromatic carbocycles. The minimum absolute atomic E-state index is 0.612. The molecule has 0 aromatic heterocycles. The van der Waals surface area contributed by atoms with Gasteiger partial charge in [-0.05, 0) is 38.0 Å². The fourth-order valence-electron chi connectivity index (χ4n) is 1.27. The molecule has 0 N–H and O–H groups in total. The zero-order valence-corrected chi connectivity index (χ0v) is 9.12. The van der Waals surface area contributed by atoms with Gasteiger partial charge in [0.25, 0.3) is 0 Å². The maximum atomic E-state index is 3.64. The van der Waals surface area contributed by atoms with E-state index in [9.17, 15) is 0 Å². The molecule has 0 amide bonds. The summed E-state index contributed by atoms with van der Waals surface area (Å²) in [6, 6.07) is 0. The lowest BCUT2D eigenvalue weighted by atomic mass is 9.87. The van der Waals surface area contributed by atoms with Gasteiger partial charge in [0.05, 0.1) is 0 Å². The molecule has 0 nitrogen and oxygen atoms in total. The van der Waals surface area contributed by atoms with Crippen molar-refractivity contribution in [2.24, 2.45) is 0 Å². The van der Waals surface area contributed by atoms with Crippen molar-refractivity contribution in [1.82, 2.24) is 0 Å². The van der Waals surface area contributed by atoms with Gasteiger partial charge >= 0.3 is 0 Å². The number of rotatable bonds is 2. The Labute approximate surface area is 80.0 Å². The van der Waals surface area contributed by atoms with Crippen molar-refractivity contribution in [2.45, 2.75) is 30.5 Å². The molecular weight excluding hydrogens is 256 g/mol. The molecule has 0 aromatic rings. The largest absolute Gasteiger partial charge is 0.0916 e. The maximum Gasteiger partial charge on any atom is 0.0304 e. The first-order chi connectivity index (χ1) is 4.84. The number of halogens is 2. The summed E-state index contributed by atoms with van der Waals surface area (Å²) in [4.78, 5) is 0.612. The van der Waals surface area contributed by atoms with Crippen LogP contribution in [0.25, 0.3) is 0 Å². The molecule has 10 heavy (non-hydrogen) atoms. The minimum atomic E-state index is 0.612. The van der Waals surface area contributed by atoms with E-state index in [-0.39, 0.29) is 0 Å². The quantitative estimate of drug-likeness (QED) is 0.672. The fraction of sp³-hybridized carbons (Fsp3) is 0.750. The van der Waals surface area contributed by atoms with Gasteiger partial charge < -0.3 is 0 Å². The van der Waals surface area contributed by atoms with Gasteiger partial charge in [-0.15, -0.1) is 0 Å². The minimum Gasteiger partial charge on any atom is -0.0916 e. The Balaban J connectivity index is 2.24. The summed E-state index contributed by atoms with van der Waals surface area (Å²) in [5.41, 5.74) is 0. The van der Waals surface area contributed by atoms with Gasteiger partial charge in [-0.25, -0.2) is 0 Å². The molecule has 1 unspecified atom stereocenters. The Morgan fingerprint density at radius 3 is 2.50 bits per heavy atom. The van der Waals surface area contributed by atoms with Gasteiger partial charge in [-0.3, -0.25) is 0 Å². The standard InChI is InChI=1S/C8H12Br2/c9-6-8(10)7-4-2-1-3-5-7/h1,8H,2-6H2. The van der Waals surface area contributed by atoms with Gasteiger partial charge in [0.15, 0.2) is 0 Å². The van der Waals surface area contributed by atoms with E-state index in [1.807, 2.05) is 0 Å². The van der Waals surface area contributed by atoms with E-state index in [4.69, 9.17) is 0 Å². The molecule has 1 aliphatic carbocycles. The predicted molar refractivity (Wildman–Crippen MR) is 52.5 cm³/mol. The van der Waals surface area contributed by atoms with Crippen LogP contribution in [0.15, 0.2) is 0 Å². The summed E-state index contributed by atoms with van der Waals surface area (Å²) >= 11 is 7.11. The summed E-state index contributed by atoms with van der Waals surface area (Å²) < 4.78 is 0. The molecular formula is C8H12Br2. The van der Waals surface area contributed by atoms with Crippen LogP contribution in [0.1, 0.15) is 25.7 Å². The second-order valence-electron chi connectivity index (χ2n) is 2.65. The van der Waals surface area contributed by atoms with Gasteiger partial charge in [0.1, 0.15) is 0 Å². The molecule has 0 bridgehead atoms. The molecule has 1 rings (SSSR count). The topological polar surface area (TPSA) is 0 Å². The van der Waals surface area contributed by atoms with Crippen molar-refractivity contribution in [3.8, 4) is 0 Å². The first kappa shape index (κ1) is 9.05. The third kappa shape index (κ3) is 2.54. The summed E-state index contributed by atoms with van der Waals surface area (Å²) in [5.74, 6) is 1.68. The van der Waals surface area contributed by atoms with Crippen LogP contribution < -0.4 is 0 Å². The molecule has 0 spiro atoms. The Morgan fingerprint density at radius 2 is 2.00 bits per heavy atom. The number of alkyl halides is 2. The van der Waals surface area contributed by atoms with E-state index in [1.54, 1.807) is 5.92 Å². The first-order valence-corrected chi connectivity index (χ1v) is 5.74. The van der Waals surface area contributed by atoms with E-state index >= 15 is 0 Å². The lowest BCUT2D eigenvalue weighted by Gasteiger charge is -2.24. The number of hydrogen-bond donors (Lipinski definition) is 0. The third-order valence-corrected chi connectivity index (χ3v) is 4.41. The van der Waals surface area contributed by atoms with Crippen molar-refractivity contribution < 1.29 is 0 Å². The highest BCUT2D eigenvalue weighted by molar-refractivity contribution is 9.12. The summed E-state index contributed by atoms with van der Waals surface area (Å²) in [6.07, 6.45) is 7.54. The highest BCUT2D eigenvalue weighted by Crippen LogP contribution is 2.32. The van der Waals surface area contributed by atoms with E-state index in [0.717, 1.165) is 5.33 Å². The van der Waals surface area contributed by atoms with Crippen LogP contribution in [0.4, 0.5) is 0 Å². The molecule has 1 aliphatic rings. The second-order valence-corrected chi connectivity index (χ2v) is 4.40. The average molecular weight is 268 g/mol. The van der Waals surface area contributed by atoms with Gasteiger partial charge in [0.2, 0.25) is 0 Å². The third-order valence-electron chi connectivity index (χ3n) is 1.92. The van der Waals surface area contributed by atoms with Crippen molar-refractivity contribution >= 4 is 31.9 Å².